The lowest BCUT2D eigenvalue weighted by molar-refractivity contribution is -0.137. The van der Waals surface area contributed by atoms with Crippen molar-refractivity contribution < 1.29 is 9.59 Å². The number of rotatable bonds is 5. The molecule has 5 heteroatoms. The SMILES string of the molecule is Cc1ccc(C2=C(N(C)c3ccccc3)C(=O)N(Cc3ccccn3)C2=O)cc1C. The Morgan fingerprint density at radius 3 is 2.27 bits per heavy atom. The Morgan fingerprint density at radius 2 is 1.60 bits per heavy atom. The second-order valence-corrected chi connectivity index (χ2v) is 7.43. The van der Waals surface area contributed by atoms with Gasteiger partial charge in [-0.1, -0.05) is 42.5 Å². The highest BCUT2D eigenvalue weighted by Gasteiger charge is 2.41. The first-order chi connectivity index (χ1) is 14.5. The molecular formula is C25H23N3O2. The third kappa shape index (κ3) is 3.50. The van der Waals surface area contributed by atoms with Crippen molar-refractivity contribution in [1.29, 1.82) is 0 Å². The van der Waals surface area contributed by atoms with E-state index in [2.05, 4.69) is 4.98 Å². The number of aryl methyl sites for hydroxylation is 2. The molecule has 2 amide bonds. The van der Waals surface area contributed by atoms with Gasteiger partial charge in [0.15, 0.2) is 0 Å². The number of hydrogen-bond acceptors (Lipinski definition) is 4. The second kappa shape index (κ2) is 7.95. The number of aromatic nitrogens is 1. The average molecular weight is 397 g/mol. The number of likely N-dealkylation sites (N-methyl/N-ethyl adjacent to an activating group) is 1. The molecular weight excluding hydrogens is 374 g/mol. The molecule has 0 saturated heterocycles. The zero-order valence-electron chi connectivity index (χ0n) is 17.3. The van der Waals surface area contributed by atoms with Gasteiger partial charge in [-0.25, -0.2) is 0 Å². The minimum absolute atomic E-state index is 0.138. The van der Waals surface area contributed by atoms with E-state index in [1.54, 1.807) is 11.1 Å². The Labute approximate surface area is 176 Å². The van der Waals surface area contributed by atoms with Crippen molar-refractivity contribution >= 4 is 23.1 Å². The first kappa shape index (κ1) is 19.6. The fourth-order valence-corrected chi connectivity index (χ4v) is 3.61. The molecule has 0 spiro atoms. The predicted molar refractivity (Wildman–Crippen MR) is 117 cm³/mol. The number of anilines is 1. The van der Waals surface area contributed by atoms with Crippen LogP contribution in [-0.2, 0) is 16.1 Å². The summed E-state index contributed by atoms with van der Waals surface area (Å²) in [6, 6.07) is 20.9. The molecule has 5 nitrogen and oxygen atoms in total. The van der Waals surface area contributed by atoms with Gasteiger partial charge in [-0.15, -0.1) is 0 Å². The van der Waals surface area contributed by atoms with Crippen LogP contribution in [0, 0.1) is 13.8 Å². The quantitative estimate of drug-likeness (QED) is 0.608. The highest BCUT2D eigenvalue weighted by atomic mass is 16.2. The van der Waals surface area contributed by atoms with Crippen LogP contribution in [0.5, 0.6) is 0 Å². The molecule has 2 aromatic carbocycles. The van der Waals surface area contributed by atoms with Crippen molar-refractivity contribution in [3.63, 3.8) is 0 Å². The summed E-state index contributed by atoms with van der Waals surface area (Å²) < 4.78 is 0. The fourth-order valence-electron chi connectivity index (χ4n) is 3.61. The number of para-hydroxylation sites is 1. The molecule has 0 atom stereocenters. The lowest BCUT2D eigenvalue weighted by Gasteiger charge is -2.21. The number of amides is 2. The Morgan fingerprint density at radius 1 is 0.867 bits per heavy atom. The molecule has 0 fully saturated rings. The number of pyridine rings is 1. The maximum Gasteiger partial charge on any atom is 0.278 e. The maximum absolute atomic E-state index is 13.5. The van der Waals surface area contributed by atoms with Gasteiger partial charge in [-0.05, 0) is 54.8 Å². The Kier molecular flexibility index (Phi) is 5.19. The summed E-state index contributed by atoms with van der Waals surface area (Å²) >= 11 is 0. The minimum atomic E-state index is -0.315. The van der Waals surface area contributed by atoms with Crippen molar-refractivity contribution in [2.45, 2.75) is 20.4 Å². The van der Waals surface area contributed by atoms with E-state index in [0.29, 0.717) is 17.0 Å². The van der Waals surface area contributed by atoms with Gasteiger partial charge in [-0.3, -0.25) is 19.5 Å². The van der Waals surface area contributed by atoms with Crippen molar-refractivity contribution in [2.75, 3.05) is 11.9 Å². The summed E-state index contributed by atoms with van der Waals surface area (Å²) in [6.45, 7) is 4.17. The van der Waals surface area contributed by atoms with Gasteiger partial charge in [0, 0.05) is 18.9 Å². The highest BCUT2D eigenvalue weighted by Crippen LogP contribution is 2.34. The van der Waals surface area contributed by atoms with E-state index in [1.807, 2.05) is 87.6 Å². The van der Waals surface area contributed by atoms with Crippen LogP contribution in [0.25, 0.3) is 5.57 Å². The van der Waals surface area contributed by atoms with Gasteiger partial charge in [0.25, 0.3) is 11.8 Å². The molecule has 3 aromatic rings. The first-order valence-electron chi connectivity index (χ1n) is 9.84. The third-order valence-corrected chi connectivity index (χ3v) is 5.46. The molecule has 150 valence electrons. The summed E-state index contributed by atoms with van der Waals surface area (Å²) in [7, 11) is 1.82. The zero-order chi connectivity index (χ0) is 21.3. The minimum Gasteiger partial charge on any atom is -0.339 e. The monoisotopic (exact) mass is 397 g/mol. The Hall–Kier alpha value is -3.73. The molecule has 1 aliphatic heterocycles. The van der Waals surface area contributed by atoms with Crippen LogP contribution in [-0.4, -0.2) is 28.7 Å². The highest BCUT2D eigenvalue weighted by molar-refractivity contribution is 6.36. The van der Waals surface area contributed by atoms with Crippen LogP contribution in [0.2, 0.25) is 0 Å². The van der Waals surface area contributed by atoms with E-state index >= 15 is 0 Å². The van der Waals surface area contributed by atoms with Gasteiger partial charge < -0.3 is 4.90 Å². The summed E-state index contributed by atoms with van der Waals surface area (Å²) in [5.74, 6) is -0.614. The smallest absolute Gasteiger partial charge is 0.278 e. The molecule has 0 unspecified atom stereocenters. The summed E-state index contributed by atoms with van der Waals surface area (Å²) in [4.78, 5) is 34.3. The Bertz CT molecular complexity index is 1140. The van der Waals surface area contributed by atoms with Crippen molar-refractivity contribution in [2.24, 2.45) is 0 Å². The number of hydrogen-bond donors (Lipinski definition) is 0. The number of nitrogens with zero attached hydrogens (tertiary/aromatic N) is 3. The van der Waals surface area contributed by atoms with E-state index in [0.717, 1.165) is 22.4 Å². The van der Waals surface area contributed by atoms with Crippen LogP contribution >= 0.6 is 0 Å². The molecule has 0 radical (unpaired) electrons. The van der Waals surface area contributed by atoms with Crippen LogP contribution in [0.1, 0.15) is 22.4 Å². The van der Waals surface area contributed by atoms with E-state index in [9.17, 15) is 9.59 Å². The molecule has 1 aliphatic rings. The topological polar surface area (TPSA) is 53.5 Å². The maximum atomic E-state index is 13.5. The molecule has 30 heavy (non-hydrogen) atoms. The largest absolute Gasteiger partial charge is 0.339 e. The standard InChI is InChI=1S/C25H23N3O2/c1-17-12-13-19(15-18(17)2)22-23(27(3)21-10-5-4-6-11-21)25(30)28(24(22)29)16-20-9-7-8-14-26-20/h4-15H,16H2,1-3H3. The molecule has 0 aliphatic carbocycles. The van der Waals surface area contributed by atoms with Crippen molar-refractivity contribution in [3.8, 4) is 0 Å². The van der Waals surface area contributed by atoms with Gasteiger partial charge >= 0.3 is 0 Å². The molecule has 0 bridgehead atoms. The predicted octanol–water partition coefficient (Wildman–Crippen LogP) is 4.11. The summed E-state index contributed by atoms with van der Waals surface area (Å²) in [5.41, 5.74) is 5.27. The van der Waals surface area contributed by atoms with E-state index < -0.39 is 0 Å². The molecule has 0 saturated carbocycles. The van der Waals surface area contributed by atoms with Crippen LogP contribution in [0.15, 0.2) is 78.6 Å². The van der Waals surface area contributed by atoms with Gasteiger partial charge in [0.1, 0.15) is 5.70 Å². The van der Waals surface area contributed by atoms with E-state index in [-0.39, 0.29) is 18.4 Å². The summed E-state index contributed by atoms with van der Waals surface area (Å²) in [6.07, 6.45) is 1.66. The normalized spacial score (nSPS) is 13.9. The van der Waals surface area contributed by atoms with Gasteiger partial charge in [-0.2, -0.15) is 0 Å². The fraction of sp³-hybridized carbons (Fsp3) is 0.160. The summed E-state index contributed by atoms with van der Waals surface area (Å²) in [5, 5.41) is 0. The van der Waals surface area contributed by atoms with Crippen LogP contribution in [0.4, 0.5) is 5.69 Å². The van der Waals surface area contributed by atoms with Crippen LogP contribution < -0.4 is 4.90 Å². The third-order valence-electron chi connectivity index (χ3n) is 5.46. The zero-order valence-corrected chi connectivity index (χ0v) is 17.3. The molecule has 4 rings (SSSR count). The average Bonchev–Trinajstić information content (AvgIpc) is 3.01. The first-order valence-corrected chi connectivity index (χ1v) is 9.84. The number of carbonyl (C=O) groups excluding carboxylic acids is 2. The second-order valence-electron chi connectivity index (χ2n) is 7.43. The number of imide groups is 1. The lowest BCUT2D eigenvalue weighted by Crippen LogP contribution is -2.34. The lowest BCUT2D eigenvalue weighted by atomic mass is 9.99. The Balaban J connectivity index is 1.82. The van der Waals surface area contributed by atoms with Gasteiger partial charge in [0.2, 0.25) is 0 Å². The number of carbonyl (C=O) groups is 2. The molecule has 0 N–H and O–H groups in total. The molecule has 2 heterocycles. The van der Waals surface area contributed by atoms with Crippen molar-refractivity contribution in [3.05, 3.63) is 101 Å². The van der Waals surface area contributed by atoms with Gasteiger partial charge in [0.05, 0.1) is 17.8 Å². The van der Waals surface area contributed by atoms with E-state index in [1.165, 1.54) is 4.90 Å². The van der Waals surface area contributed by atoms with Crippen molar-refractivity contribution in [1.82, 2.24) is 9.88 Å². The van der Waals surface area contributed by atoms with E-state index in [4.69, 9.17) is 0 Å². The van der Waals surface area contributed by atoms with Crippen LogP contribution in [0.3, 0.4) is 0 Å². The number of benzene rings is 2. The molecule has 1 aromatic heterocycles.